The number of halogens is 1. The van der Waals surface area contributed by atoms with Gasteiger partial charge in [-0.3, -0.25) is 9.59 Å². The van der Waals surface area contributed by atoms with E-state index in [-0.39, 0.29) is 23.7 Å². The van der Waals surface area contributed by atoms with Gasteiger partial charge in [-0.05, 0) is 42.7 Å². The molecule has 0 aromatic heterocycles. The van der Waals surface area contributed by atoms with Gasteiger partial charge in [-0.25, -0.2) is 4.39 Å². The molecular formula is C23H25FN2O2S. The maximum atomic E-state index is 13.4. The first-order valence-corrected chi connectivity index (χ1v) is 11.0. The summed E-state index contributed by atoms with van der Waals surface area (Å²) in [5.41, 5.74) is 1.69. The second kappa shape index (κ2) is 8.57. The fraction of sp³-hybridized carbons (Fsp3) is 0.391. The normalized spacial score (nSPS) is 20.4. The van der Waals surface area contributed by atoms with Crippen LogP contribution in [0.1, 0.15) is 38.2 Å². The molecule has 1 N–H and O–H groups in total. The van der Waals surface area contributed by atoms with E-state index in [1.807, 2.05) is 31.2 Å². The highest BCUT2D eigenvalue weighted by atomic mass is 32.2. The Kier molecular flexibility index (Phi) is 5.90. The van der Waals surface area contributed by atoms with Crippen molar-refractivity contribution < 1.29 is 14.0 Å². The van der Waals surface area contributed by atoms with E-state index < -0.39 is 11.2 Å². The van der Waals surface area contributed by atoms with Crippen LogP contribution in [0.25, 0.3) is 0 Å². The highest BCUT2D eigenvalue weighted by Gasteiger charge is 2.39. The van der Waals surface area contributed by atoms with E-state index in [4.69, 9.17) is 0 Å². The summed E-state index contributed by atoms with van der Waals surface area (Å²) in [6.45, 7) is 2.19. The summed E-state index contributed by atoms with van der Waals surface area (Å²) >= 11 is 1.46. The highest BCUT2D eigenvalue weighted by molar-refractivity contribution is 8.01. The lowest BCUT2D eigenvalue weighted by molar-refractivity contribution is -0.128. The minimum atomic E-state index is -0.480. The van der Waals surface area contributed by atoms with Gasteiger partial charge in [-0.15, -0.1) is 11.8 Å². The molecule has 0 spiro atoms. The highest BCUT2D eigenvalue weighted by Crippen LogP contribution is 2.42. The predicted octanol–water partition coefficient (Wildman–Crippen LogP) is 4.53. The van der Waals surface area contributed by atoms with Crippen LogP contribution in [0, 0.1) is 11.7 Å². The van der Waals surface area contributed by atoms with Gasteiger partial charge in [0, 0.05) is 10.9 Å². The lowest BCUT2D eigenvalue weighted by Crippen LogP contribution is -2.48. The van der Waals surface area contributed by atoms with E-state index >= 15 is 0 Å². The first kappa shape index (κ1) is 20.0. The molecule has 2 atom stereocenters. The monoisotopic (exact) mass is 412 g/mol. The molecule has 2 amide bonds. The largest absolute Gasteiger partial charge is 0.353 e. The molecule has 4 nitrogen and oxygen atoms in total. The van der Waals surface area contributed by atoms with Crippen LogP contribution in [0.15, 0.2) is 53.4 Å². The van der Waals surface area contributed by atoms with Gasteiger partial charge in [0.05, 0.1) is 18.2 Å². The molecule has 1 saturated carbocycles. The van der Waals surface area contributed by atoms with Gasteiger partial charge in [-0.1, -0.05) is 44.0 Å². The van der Waals surface area contributed by atoms with Gasteiger partial charge >= 0.3 is 0 Å². The van der Waals surface area contributed by atoms with Crippen LogP contribution < -0.4 is 10.2 Å². The third kappa shape index (κ3) is 4.32. The van der Waals surface area contributed by atoms with Gasteiger partial charge < -0.3 is 10.2 Å². The zero-order valence-electron chi connectivity index (χ0n) is 16.4. The van der Waals surface area contributed by atoms with Crippen LogP contribution >= 0.6 is 11.8 Å². The molecule has 1 fully saturated rings. The number of nitrogens with one attached hydrogen (secondary N) is 1. The minimum Gasteiger partial charge on any atom is -0.353 e. The standard InChI is InChI=1S/C23H25FN2O2S/c1-15(22(27)25-18-6-2-3-7-18)21-23(28)26(14-16-10-12-17(24)13-11-16)19-8-4-5-9-20(19)29-21/h4-5,8-13,15,18,21H,2-3,6-7,14H2,1H3,(H,25,27). The smallest absolute Gasteiger partial charge is 0.241 e. The van der Waals surface area contributed by atoms with Crippen LogP contribution in [-0.4, -0.2) is 23.1 Å². The van der Waals surface area contributed by atoms with Crippen molar-refractivity contribution in [3.05, 3.63) is 59.9 Å². The second-order valence-electron chi connectivity index (χ2n) is 7.84. The van der Waals surface area contributed by atoms with Gasteiger partial charge in [0.25, 0.3) is 0 Å². The summed E-state index contributed by atoms with van der Waals surface area (Å²) < 4.78 is 13.3. The van der Waals surface area contributed by atoms with E-state index in [2.05, 4.69) is 5.32 Å². The molecule has 29 heavy (non-hydrogen) atoms. The van der Waals surface area contributed by atoms with Crippen LogP contribution in [0.3, 0.4) is 0 Å². The van der Waals surface area contributed by atoms with Crippen molar-refractivity contribution in [3.63, 3.8) is 0 Å². The summed E-state index contributed by atoms with van der Waals surface area (Å²) in [7, 11) is 0. The molecule has 0 radical (unpaired) electrons. The average Bonchev–Trinajstić information content (AvgIpc) is 3.24. The Balaban J connectivity index is 1.57. The van der Waals surface area contributed by atoms with Crippen molar-refractivity contribution in [2.75, 3.05) is 4.90 Å². The Morgan fingerprint density at radius 1 is 1.17 bits per heavy atom. The lowest BCUT2D eigenvalue weighted by Gasteiger charge is -2.36. The van der Waals surface area contributed by atoms with Crippen molar-refractivity contribution in [3.8, 4) is 0 Å². The van der Waals surface area contributed by atoms with Crippen LogP contribution in [0.5, 0.6) is 0 Å². The molecule has 1 aliphatic heterocycles. The molecule has 6 heteroatoms. The first-order chi connectivity index (χ1) is 14.0. The summed E-state index contributed by atoms with van der Waals surface area (Å²) in [6.07, 6.45) is 4.33. The van der Waals surface area contributed by atoms with Crippen LogP contribution in [0.2, 0.25) is 0 Å². The molecular weight excluding hydrogens is 387 g/mol. The Morgan fingerprint density at radius 3 is 2.59 bits per heavy atom. The molecule has 152 valence electrons. The molecule has 1 aliphatic carbocycles. The molecule has 0 saturated heterocycles. The summed E-state index contributed by atoms with van der Waals surface area (Å²) in [5, 5.41) is 2.65. The molecule has 2 unspecified atom stereocenters. The van der Waals surface area contributed by atoms with E-state index in [1.54, 1.807) is 17.0 Å². The number of carbonyl (C=O) groups is 2. The molecule has 1 heterocycles. The average molecular weight is 413 g/mol. The van der Waals surface area contributed by atoms with E-state index in [1.165, 1.54) is 23.9 Å². The number of para-hydroxylation sites is 1. The quantitative estimate of drug-likeness (QED) is 0.785. The van der Waals surface area contributed by atoms with Gasteiger partial charge in [0.2, 0.25) is 11.8 Å². The topological polar surface area (TPSA) is 49.4 Å². The van der Waals surface area contributed by atoms with Crippen molar-refractivity contribution in [2.45, 2.75) is 55.3 Å². The fourth-order valence-corrected chi connectivity index (χ4v) is 5.32. The number of thioether (sulfide) groups is 1. The van der Waals surface area contributed by atoms with Crippen molar-refractivity contribution >= 4 is 29.3 Å². The summed E-state index contributed by atoms with van der Waals surface area (Å²) in [4.78, 5) is 28.9. The Labute approximate surface area is 174 Å². The Bertz CT molecular complexity index is 896. The summed E-state index contributed by atoms with van der Waals surface area (Å²) in [6, 6.07) is 14.2. The number of carbonyl (C=O) groups excluding carboxylic acids is 2. The molecule has 2 aromatic carbocycles. The molecule has 4 rings (SSSR count). The third-order valence-corrected chi connectivity index (χ3v) is 7.21. The first-order valence-electron chi connectivity index (χ1n) is 10.1. The number of hydrogen-bond acceptors (Lipinski definition) is 3. The SMILES string of the molecule is CC(C(=O)NC1CCCC1)C1Sc2ccccc2N(Cc2ccc(F)cc2)C1=O. The van der Waals surface area contributed by atoms with E-state index in [9.17, 15) is 14.0 Å². The number of rotatable bonds is 5. The second-order valence-corrected chi connectivity index (χ2v) is 9.02. The summed E-state index contributed by atoms with van der Waals surface area (Å²) in [5.74, 6) is -0.863. The number of fused-ring (bicyclic) bond motifs is 1. The number of amides is 2. The van der Waals surface area contributed by atoms with Gasteiger partial charge in [-0.2, -0.15) is 0 Å². The van der Waals surface area contributed by atoms with Gasteiger partial charge in [0.1, 0.15) is 11.1 Å². The maximum Gasteiger partial charge on any atom is 0.241 e. The fourth-order valence-electron chi connectivity index (χ4n) is 4.03. The van der Waals surface area contributed by atoms with Crippen LogP contribution in [0.4, 0.5) is 10.1 Å². The number of hydrogen-bond donors (Lipinski definition) is 1. The Morgan fingerprint density at radius 2 is 1.86 bits per heavy atom. The number of anilines is 1. The van der Waals surface area contributed by atoms with Gasteiger partial charge in [0.15, 0.2) is 0 Å². The van der Waals surface area contributed by atoms with E-state index in [0.717, 1.165) is 41.8 Å². The third-order valence-electron chi connectivity index (χ3n) is 5.74. The molecule has 2 aromatic rings. The minimum absolute atomic E-state index is 0.0520. The zero-order chi connectivity index (χ0) is 20.4. The molecule has 0 bridgehead atoms. The van der Waals surface area contributed by atoms with Crippen molar-refractivity contribution in [1.82, 2.24) is 5.32 Å². The van der Waals surface area contributed by atoms with Crippen molar-refractivity contribution in [1.29, 1.82) is 0 Å². The molecule has 2 aliphatic rings. The van der Waals surface area contributed by atoms with Crippen molar-refractivity contribution in [2.24, 2.45) is 5.92 Å². The van der Waals surface area contributed by atoms with Crippen LogP contribution in [-0.2, 0) is 16.1 Å². The number of nitrogens with zero attached hydrogens (tertiary/aromatic N) is 1. The Hall–Kier alpha value is -2.34. The maximum absolute atomic E-state index is 13.4. The number of benzene rings is 2. The predicted molar refractivity (Wildman–Crippen MR) is 113 cm³/mol. The zero-order valence-corrected chi connectivity index (χ0v) is 17.3. The van der Waals surface area contributed by atoms with E-state index in [0.29, 0.717) is 6.54 Å². The lowest BCUT2D eigenvalue weighted by atomic mass is 10.0.